The lowest BCUT2D eigenvalue weighted by molar-refractivity contribution is 0.0638. The van der Waals surface area contributed by atoms with Gasteiger partial charge in [-0.3, -0.25) is 4.79 Å². The number of hydrogen-bond acceptors (Lipinski definition) is 2. The number of rotatable bonds is 3. The van der Waals surface area contributed by atoms with E-state index in [2.05, 4.69) is 25.1 Å². The summed E-state index contributed by atoms with van der Waals surface area (Å²) < 4.78 is 1.99. The van der Waals surface area contributed by atoms with E-state index in [1.807, 2.05) is 41.8 Å². The van der Waals surface area contributed by atoms with Crippen LogP contribution in [0.1, 0.15) is 28.5 Å². The van der Waals surface area contributed by atoms with Crippen molar-refractivity contribution in [3.8, 4) is 11.1 Å². The average Bonchev–Trinajstić information content (AvgIpc) is 3.11. The van der Waals surface area contributed by atoms with Crippen molar-refractivity contribution in [2.75, 3.05) is 6.61 Å². The first-order chi connectivity index (χ1) is 11.6. The molecule has 0 spiro atoms. The molecule has 0 saturated carbocycles. The van der Waals surface area contributed by atoms with Gasteiger partial charge in [-0.25, -0.2) is 0 Å². The minimum absolute atomic E-state index is 0.00195. The van der Waals surface area contributed by atoms with Gasteiger partial charge in [0.25, 0.3) is 5.91 Å². The number of pyridine rings is 1. The van der Waals surface area contributed by atoms with E-state index in [0.29, 0.717) is 6.54 Å². The number of benzene rings is 1. The summed E-state index contributed by atoms with van der Waals surface area (Å²) in [5, 5.41) is 9.37. The number of carbonyl (C=O) groups is 1. The van der Waals surface area contributed by atoms with E-state index in [1.54, 1.807) is 4.90 Å². The maximum Gasteiger partial charge on any atom is 0.271 e. The quantitative estimate of drug-likeness (QED) is 0.805. The molecule has 1 unspecified atom stereocenters. The van der Waals surface area contributed by atoms with Crippen molar-refractivity contribution in [2.45, 2.75) is 26.4 Å². The van der Waals surface area contributed by atoms with Crippen LogP contribution in [0, 0.1) is 6.92 Å². The molecule has 1 atom stereocenters. The molecule has 0 saturated heterocycles. The fourth-order valence-electron chi connectivity index (χ4n) is 3.53. The van der Waals surface area contributed by atoms with Crippen molar-refractivity contribution in [3.05, 3.63) is 65.5 Å². The standard InChI is InChI=1S/C20H20N2O2/c1-13(12-23)22-11-17-14(2)18-10-16(15-6-4-3-5-7-15)8-9-21(18)19(17)20(22)24/h3-10,13,23H,11-12H2,1-2H3. The third kappa shape index (κ3) is 2.07. The van der Waals surface area contributed by atoms with Gasteiger partial charge in [-0.15, -0.1) is 0 Å². The second-order valence-electron chi connectivity index (χ2n) is 6.45. The molecule has 3 heterocycles. The van der Waals surface area contributed by atoms with Crippen molar-refractivity contribution in [1.82, 2.24) is 9.30 Å². The Morgan fingerprint density at radius 3 is 2.62 bits per heavy atom. The molecule has 0 aliphatic carbocycles. The monoisotopic (exact) mass is 320 g/mol. The zero-order valence-corrected chi connectivity index (χ0v) is 13.9. The summed E-state index contributed by atoms with van der Waals surface area (Å²) in [4.78, 5) is 14.5. The zero-order chi connectivity index (χ0) is 16.8. The summed E-state index contributed by atoms with van der Waals surface area (Å²) in [5.41, 5.74) is 6.35. The minimum atomic E-state index is -0.163. The van der Waals surface area contributed by atoms with Gasteiger partial charge in [-0.2, -0.15) is 0 Å². The lowest BCUT2D eigenvalue weighted by Crippen LogP contribution is -2.36. The number of amides is 1. The summed E-state index contributed by atoms with van der Waals surface area (Å²) in [6.45, 7) is 4.50. The topological polar surface area (TPSA) is 45.0 Å². The highest BCUT2D eigenvalue weighted by Gasteiger charge is 2.35. The van der Waals surface area contributed by atoms with Crippen molar-refractivity contribution in [3.63, 3.8) is 0 Å². The molecular weight excluding hydrogens is 300 g/mol. The predicted molar refractivity (Wildman–Crippen MR) is 94.0 cm³/mol. The Kier molecular flexibility index (Phi) is 3.43. The molecule has 1 aliphatic rings. The van der Waals surface area contributed by atoms with E-state index in [1.165, 1.54) is 5.56 Å². The van der Waals surface area contributed by atoms with Crippen molar-refractivity contribution in [1.29, 1.82) is 0 Å². The van der Waals surface area contributed by atoms with Crippen LogP contribution in [0.4, 0.5) is 0 Å². The van der Waals surface area contributed by atoms with Crippen LogP contribution in [0.25, 0.3) is 16.6 Å². The summed E-state index contributed by atoms with van der Waals surface area (Å²) in [5.74, 6) is 0.00195. The van der Waals surface area contributed by atoms with Crippen LogP contribution in [0.2, 0.25) is 0 Å². The first-order valence-electron chi connectivity index (χ1n) is 8.22. The van der Waals surface area contributed by atoms with Crippen LogP contribution in [0.15, 0.2) is 48.7 Å². The summed E-state index contributed by atoms with van der Waals surface area (Å²) in [7, 11) is 0. The van der Waals surface area contributed by atoms with Crippen LogP contribution in [-0.2, 0) is 6.54 Å². The minimum Gasteiger partial charge on any atom is -0.394 e. The molecule has 0 fully saturated rings. The number of aliphatic hydroxyl groups is 1. The molecule has 0 bridgehead atoms. The number of aromatic nitrogens is 1. The lowest BCUT2D eigenvalue weighted by atomic mass is 10.1. The van der Waals surface area contributed by atoms with Gasteiger partial charge >= 0.3 is 0 Å². The van der Waals surface area contributed by atoms with Gasteiger partial charge < -0.3 is 14.4 Å². The number of carbonyl (C=O) groups excluding carboxylic acids is 1. The SMILES string of the molecule is Cc1c2c(n3ccc(-c4ccccc4)cc13)C(=O)N(C(C)CO)C2. The van der Waals surface area contributed by atoms with Crippen molar-refractivity contribution in [2.24, 2.45) is 0 Å². The van der Waals surface area contributed by atoms with E-state index in [-0.39, 0.29) is 18.6 Å². The number of aliphatic hydroxyl groups excluding tert-OH is 1. The number of fused-ring (bicyclic) bond motifs is 3. The Morgan fingerprint density at radius 1 is 1.17 bits per heavy atom. The maximum absolute atomic E-state index is 12.8. The molecule has 4 heteroatoms. The van der Waals surface area contributed by atoms with Crippen molar-refractivity contribution < 1.29 is 9.90 Å². The van der Waals surface area contributed by atoms with Gasteiger partial charge in [-0.1, -0.05) is 30.3 Å². The predicted octanol–water partition coefficient (Wildman–Crippen LogP) is 3.25. The van der Waals surface area contributed by atoms with E-state index < -0.39 is 0 Å². The number of hydrogen-bond donors (Lipinski definition) is 1. The van der Waals surface area contributed by atoms with Gasteiger partial charge in [-0.05, 0) is 42.7 Å². The Balaban J connectivity index is 1.84. The highest BCUT2D eigenvalue weighted by atomic mass is 16.3. The van der Waals surface area contributed by atoms with Gasteiger partial charge in [0.2, 0.25) is 0 Å². The van der Waals surface area contributed by atoms with Crippen molar-refractivity contribution >= 4 is 11.4 Å². The molecule has 2 aromatic heterocycles. The van der Waals surface area contributed by atoms with Gasteiger partial charge in [0, 0.05) is 23.8 Å². The molecule has 1 amide bonds. The Bertz CT molecular complexity index is 928. The van der Waals surface area contributed by atoms with Crippen LogP contribution >= 0.6 is 0 Å². The van der Waals surface area contributed by atoms with E-state index in [4.69, 9.17) is 0 Å². The summed E-state index contributed by atoms with van der Waals surface area (Å²) >= 11 is 0. The second-order valence-corrected chi connectivity index (χ2v) is 6.45. The Labute approximate surface area is 141 Å². The third-order valence-corrected chi connectivity index (χ3v) is 5.01. The first-order valence-corrected chi connectivity index (χ1v) is 8.22. The lowest BCUT2D eigenvalue weighted by Gasteiger charge is -2.22. The van der Waals surface area contributed by atoms with Gasteiger partial charge in [0.15, 0.2) is 0 Å². The van der Waals surface area contributed by atoms with Gasteiger partial charge in [0.05, 0.1) is 12.6 Å². The highest BCUT2D eigenvalue weighted by Crippen LogP contribution is 2.33. The molecular formula is C20H20N2O2. The molecule has 0 radical (unpaired) electrons. The van der Waals surface area contributed by atoms with Crippen LogP contribution in [-0.4, -0.2) is 33.0 Å². The summed E-state index contributed by atoms with van der Waals surface area (Å²) in [6.07, 6.45) is 1.98. The zero-order valence-electron chi connectivity index (χ0n) is 13.9. The molecule has 3 aromatic rings. The molecule has 1 N–H and O–H groups in total. The van der Waals surface area contributed by atoms with E-state index in [9.17, 15) is 9.90 Å². The summed E-state index contributed by atoms with van der Waals surface area (Å²) in [6, 6.07) is 14.3. The smallest absolute Gasteiger partial charge is 0.271 e. The van der Waals surface area contributed by atoms with Crippen LogP contribution in [0.5, 0.6) is 0 Å². The third-order valence-electron chi connectivity index (χ3n) is 5.01. The molecule has 4 rings (SSSR count). The van der Waals surface area contributed by atoms with E-state index >= 15 is 0 Å². The number of nitrogens with zero attached hydrogens (tertiary/aromatic N) is 2. The fraction of sp³-hybridized carbons (Fsp3) is 0.250. The Hall–Kier alpha value is -2.59. The maximum atomic E-state index is 12.8. The fourth-order valence-corrected chi connectivity index (χ4v) is 3.53. The molecule has 4 nitrogen and oxygen atoms in total. The molecule has 1 aliphatic heterocycles. The van der Waals surface area contributed by atoms with Gasteiger partial charge in [0.1, 0.15) is 5.69 Å². The Morgan fingerprint density at radius 2 is 1.92 bits per heavy atom. The molecule has 24 heavy (non-hydrogen) atoms. The van der Waals surface area contributed by atoms with Crippen LogP contribution in [0.3, 0.4) is 0 Å². The van der Waals surface area contributed by atoms with E-state index in [0.717, 1.165) is 27.9 Å². The largest absolute Gasteiger partial charge is 0.394 e. The second kappa shape index (κ2) is 5.49. The normalized spacial score (nSPS) is 15.1. The molecule has 122 valence electrons. The van der Waals surface area contributed by atoms with Crippen LogP contribution < -0.4 is 0 Å². The number of aryl methyl sites for hydroxylation is 1. The first kappa shape index (κ1) is 15.0. The average molecular weight is 320 g/mol. The highest BCUT2D eigenvalue weighted by molar-refractivity contribution is 6.00. The molecule has 1 aromatic carbocycles.